The lowest BCUT2D eigenvalue weighted by molar-refractivity contribution is 0.0845. The molecule has 0 bridgehead atoms. The molecule has 1 aliphatic carbocycles. The third kappa shape index (κ3) is 2.94. The molecule has 0 unspecified atom stereocenters. The van der Waals surface area contributed by atoms with E-state index in [1.54, 1.807) is 12.1 Å². The van der Waals surface area contributed by atoms with Crippen LogP contribution in [0.5, 0.6) is 0 Å². The Morgan fingerprint density at radius 1 is 1.00 bits per heavy atom. The van der Waals surface area contributed by atoms with E-state index >= 15 is 0 Å². The summed E-state index contributed by atoms with van der Waals surface area (Å²) >= 11 is 1.32. The largest absolute Gasteiger partial charge is 0.290 e. The molecular formula is C18H16N4O2S. The van der Waals surface area contributed by atoms with E-state index in [-0.39, 0.29) is 5.91 Å². The van der Waals surface area contributed by atoms with Gasteiger partial charge in [-0.3, -0.25) is 20.4 Å². The average Bonchev–Trinajstić information content (AvgIpc) is 3.37. The van der Waals surface area contributed by atoms with Crippen molar-refractivity contribution in [2.24, 2.45) is 0 Å². The van der Waals surface area contributed by atoms with Gasteiger partial charge in [0.25, 0.3) is 11.8 Å². The fourth-order valence-corrected chi connectivity index (χ4v) is 3.66. The number of hydrogen-bond acceptors (Lipinski definition) is 4. The second-order valence-corrected chi connectivity index (χ2v) is 6.71. The molecule has 0 radical (unpaired) electrons. The Hall–Kier alpha value is -2.93. The summed E-state index contributed by atoms with van der Waals surface area (Å²) in [4.78, 5) is 25.0. The van der Waals surface area contributed by atoms with Gasteiger partial charge in [-0.05, 0) is 42.8 Å². The molecule has 0 spiro atoms. The molecule has 3 aromatic rings. The number of benzene rings is 1. The zero-order valence-corrected chi connectivity index (χ0v) is 14.2. The van der Waals surface area contributed by atoms with Gasteiger partial charge in [0.15, 0.2) is 5.69 Å². The smallest absolute Gasteiger partial charge is 0.266 e. The summed E-state index contributed by atoms with van der Waals surface area (Å²) in [5.74, 6) is -0.722. The van der Waals surface area contributed by atoms with Gasteiger partial charge in [-0.1, -0.05) is 24.3 Å². The van der Waals surface area contributed by atoms with Crippen molar-refractivity contribution in [2.45, 2.75) is 19.3 Å². The molecule has 0 atom stereocenters. The van der Waals surface area contributed by atoms with Gasteiger partial charge < -0.3 is 0 Å². The summed E-state index contributed by atoms with van der Waals surface area (Å²) in [6.45, 7) is 0. The minimum absolute atomic E-state index is 0.331. The van der Waals surface area contributed by atoms with Crippen molar-refractivity contribution in [1.29, 1.82) is 0 Å². The number of fused-ring (bicyclic) bond motifs is 1. The molecule has 2 amide bonds. The zero-order chi connectivity index (χ0) is 17.2. The molecule has 2 heterocycles. The van der Waals surface area contributed by atoms with E-state index in [4.69, 9.17) is 0 Å². The van der Waals surface area contributed by atoms with Gasteiger partial charge in [-0.25, -0.2) is 4.68 Å². The van der Waals surface area contributed by atoms with Crippen LogP contribution in [0, 0.1) is 0 Å². The Morgan fingerprint density at radius 2 is 1.80 bits per heavy atom. The van der Waals surface area contributed by atoms with Crippen LogP contribution in [0.3, 0.4) is 0 Å². The minimum Gasteiger partial charge on any atom is -0.266 e. The predicted octanol–water partition coefficient (Wildman–Crippen LogP) is 2.50. The van der Waals surface area contributed by atoms with Crippen LogP contribution < -0.4 is 10.9 Å². The van der Waals surface area contributed by atoms with Gasteiger partial charge in [0.1, 0.15) is 0 Å². The molecule has 6 nitrogen and oxygen atoms in total. The Morgan fingerprint density at radius 3 is 2.56 bits per heavy atom. The number of thiophene rings is 1. The minimum atomic E-state index is -0.391. The molecule has 25 heavy (non-hydrogen) atoms. The van der Waals surface area contributed by atoms with Crippen molar-refractivity contribution in [3.05, 3.63) is 69.7 Å². The highest BCUT2D eigenvalue weighted by Crippen LogP contribution is 2.27. The monoisotopic (exact) mass is 352 g/mol. The lowest BCUT2D eigenvalue weighted by Crippen LogP contribution is -2.41. The van der Waals surface area contributed by atoms with Crippen LogP contribution >= 0.6 is 11.3 Å². The van der Waals surface area contributed by atoms with Crippen molar-refractivity contribution < 1.29 is 9.59 Å². The average molecular weight is 352 g/mol. The van der Waals surface area contributed by atoms with Crippen LogP contribution in [0.1, 0.15) is 37.8 Å². The fraction of sp³-hybridized carbons (Fsp3) is 0.167. The predicted molar refractivity (Wildman–Crippen MR) is 94.8 cm³/mol. The van der Waals surface area contributed by atoms with Crippen LogP contribution in [0.4, 0.5) is 0 Å². The van der Waals surface area contributed by atoms with Gasteiger partial charge in [0.2, 0.25) is 0 Å². The maximum Gasteiger partial charge on any atom is 0.290 e. The fourth-order valence-electron chi connectivity index (χ4n) is 3.04. The lowest BCUT2D eigenvalue weighted by atomic mass is 10.2. The Kier molecular flexibility index (Phi) is 4.07. The molecule has 0 fully saturated rings. The van der Waals surface area contributed by atoms with Crippen molar-refractivity contribution in [3.63, 3.8) is 0 Å². The van der Waals surface area contributed by atoms with E-state index in [1.807, 2.05) is 40.4 Å². The Balaban J connectivity index is 1.56. The highest BCUT2D eigenvalue weighted by atomic mass is 32.1. The van der Waals surface area contributed by atoms with Crippen molar-refractivity contribution in [3.8, 4) is 5.69 Å². The number of hydrogen-bond donors (Lipinski definition) is 2. The number of carbonyl (C=O) groups is 2. The summed E-state index contributed by atoms with van der Waals surface area (Å²) in [5, 5.41) is 6.31. The van der Waals surface area contributed by atoms with Gasteiger partial charge in [-0.15, -0.1) is 11.3 Å². The topological polar surface area (TPSA) is 76.0 Å². The van der Waals surface area contributed by atoms with Crippen LogP contribution in [-0.2, 0) is 12.8 Å². The summed E-state index contributed by atoms with van der Waals surface area (Å²) in [7, 11) is 0. The van der Waals surface area contributed by atoms with E-state index in [9.17, 15) is 9.59 Å². The van der Waals surface area contributed by atoms with E-state index < -0.39 is 5.91 Å². The number of carbonyl (C=O) groups excluding carboxylic acids is 2. The molecule has 7 heteroatoms. The molecule has 4 rings (SSSR count). The number of nitrogens with one attached hydrogen (secondary N) is 2. The van der Waals surface area contributed by atoms with Gasteiger partial charge in [-0.2, -0.15) is 5.10 Å². The first-order valence-corrected chi connectivity index (χ1v) is 8.92. The molecule has 126 valence electrons. The quantitative estimate of drug-likeness (QED) is 0.711. The normalized spacial score (nSPS) is 12.6. The molecule has 0 aliphatic heterocycles. The van der Waals surface area contributed by atoms with Crippen LogP contribution in [0.2, 0.25) is 0 Å². The second kappa shape index (κ2) is 6.52. The van der Waals surface area contributed by atoms with Crippen molar-refractivity contribution in [1.82, 2.24) is 20.6 Å². The zero-order valence-electron chi connectivity index (χ0n) is 13.4. The van der Waals surface area contributed by atoms with Crippen LogP contribution in [-0.4, -0.2) is 21.6 Å². The summed E-state index contributed by atoms with van der Waals surface area (Å²) < 4.78 is 1.83. The third-order valence-corrected chi connectivity index (χ3v) is 5.05. The molecule has 0 saturated carbocycles. The van der Waals surface area contributed by atoms with Crippen molar-refractivity contribution >= 4 is 23.2 Å². The van der Waals surface area contributed by atoms with E-state index in [0.29, 0.717) is 10.6 Å². The highest BCUT2D eigenvalue weighted by molar-refractivity contribution is 7.12. The molecule has 1 aromatic carbocycles. The molecule has 2 N–H and O–H groups in total. The number of hydrazine groups is 1. The summed E-state index contributed by atoms with van der Waals surface area (Å²) in [6, 6.07) is 13.3. The van der Waals surface area contributed by atoms with E-state index in [1.165, 1.54) is 11.3 Å². The van der Waals surface area contributed by atoms with Crippen LogP contribution in [0.25, 0.3) is 5.69 Å². The van der Waals surface area contributed by atoms with Gasteiger partial charge in [0, 0.05) is 11.3 Å². The second-order valence-electron chi connectivity index (χ2n) is 5.76. The first-order valence-electron chi connectivity index (χ1n) is 8.04. The highest BCUT2D eigenvalue weighted by Gasteiger charge is 2.27. The third-order valence-electron chi connectivity index (χ3n) is 4.18. The van der Waals surface area contributed by atoms with E-state index in [2.05, 4.69) is 16.0 Å². The van der Waals surface area contributed by atoms with Crippen molar-refractivity contribution in [2.75, 3.05) is 0 Å². The Labute approximate surface area is 148 Å². The maximum atomic E-state index is 12.5. The van der Waals surface area contributed by atoms with Gasteiger partial charge >= 0.3 is 0 Å². The number of para-hydroxylation sites is 1. The number of aromatic nitrogens is 2. The van der Waals surface area contributed by atoms with E-state index in [0.717, 1.165) is 36.2 Å². The standard InChI is InChI=1S/C18H16N4O2S/c23-17(15-10-5-11-25-15)19-20-18(24)16-13-8-4-9-14(13)22(21-16)12-6-2-1-3-7-12/h1-3,5-7,10-11H,4,8-9H2,(H,19,23)(H,20,24). The summed E-state index contributed by atoms with van der Waals surface area (Å²) in [5.41, 5.74) is 8.27. The first kappa shape index (κ1) is 15.6. The molecule has 2 aromatic heterocycles. The molecular weight excluding hydrogens is 336 g/mol. The maximum absolute atomic E-state index is 12.5. The number of nitrogens with zero attached hydrogens (tertiary/aromatic N) is 2. The molecule has 0 saturated heterocycles. The summed E-state index contributed by atoms with van der Waals surface area (Å²) in [6.07, 6.45) is 2.72. The number of amides is 2. The van der Waals surface area contributed by atoms with Gasteiger partial charge in [0.05, 0.1) is 10.6 Å². The Bertz CT molecular complexity index is 916. The number of rotatable bonds is 3. The first-order chi connectivity index (χ1) is 12.2. The molecule has 1 aliphatic rings. The lowest BCUT2D eigenvalue weighted by Gasteiger charge is -2.06. The SMILES string of the molecule is O=C(NNC(=O)c1nn(-c2ccccc2)c2c1CCC2)c1cccs1. The van der Waals surface area contributed by atoms with Crippen LogP contribution in [0.15, 0.2) is 47.8 Å².